The number of anilines is 1. The maximum absolute atomic E-state index is 14.4. The number of nitrogens with zero attached hydrogens (tertiary/aromatic N) is 2. The molecule has 0 aliphatic heterocycles. The van der Waals surface area contributed by atoms with Crippen LogP contribution >= 0.6 is 0 Å². The number of carbonyl (C=O) groups excluding carboxylic acids is 2. The number of para-hydroxylation sites is 2. The lowest BCUT2D eigenvalue weighted by Crippen LogP contribution is -2.54. The van der Waals surface area contributed by atoms with E-state index in [1.165, 1.54) is 36.1 Å². The number of nitrogens with one attached hydrogen (secondary N) is 1. The Hall–Kier alpha value is -3.14. The van der Waals surface area contributed by atoms with Crippen LogP contribution < -0.4 is 14.4 Å². The van der Waals surface area contributed by atoms with E-state index in [0.29, 0.717) is 12.4 Å². The van der Waals surface area contributed by atoms with Crippen LogP contribution in [0, 0.1) is 5.82 Å². The van der Waals surface area contributed by atoms with Crippen LogP contribution in [0.5, 0.6) is 5.75 Å². The summed E-state index contributed by atoms with van der Waals surface area (Å²) in [7, 11) is -3.91. The van der Waals surface area contributed by atoms with E-state index >= 15 is 0 Å². The van der Waals surface area contributed by atoms with Crippen LogP contribution in [0.15, 0.2) is 48.5 Å². The van der Waals surface area contributed by atoms with Crippen molar-refractivity contribution in [3.8, 4) is 5.75 Å². The van der Waals surface area contributed by atoms with Crippen LogP contribution in [0.25, 0.3) is 0 Å². The second kappa shape index (κ2) is 11.5. The van der Waals surface area contributed by atoms with Crippen molar-refractivity contribution in [3.05, 3.63) is 59.9 Å². The van der Waals surface area contributed by atoms with Gasteiger partial charge in [-0.3, -0.25) is 13.9 Å². The van der Waals surface area contributed by atoms with E-state index in [2.05, 4.69) is 5.32 Å². The van der Waals surface area contributed by atoms with Gasteiger partial charge in [-0.15, -0.1) is 0 Å². The number of ether oxygens (including phenoxy) is 1. The van der Waals surface area contributed by atoms with Gasteiger partial charge in [-0.1, -0.05) is 30.3 Å². The van der Waals surface area contributed by atoms with E-state index < -0.39 is 45.8 Å². The Kier molecular flexibility index (Phi) is 9.25. The monoisotopic (exact) mass is 507 g/mol. The van der Waals surface area contributed by atoms with Gasteiger partial charge in [0.05, 0.1) is 18.6 Å². The molecule has 1 unspecified atom stereocenters. The van der Waals surface area contributed by atoms with Crippen molar-refractivity contribution >= 4 is 27.5 Å². The molecule has 8 nitrogen and oxygen atoms in total. The highest BCUT2D eigenvalue weighted by Gasteiger charge is 2.32. The zero-order valence-electron chi connectivity index (χ0n) is 21.0. The first-order valence-electron chi connectivity index (χ1n) is 11.3. The predicted molar refractivity (Wildman–Crippen MR) is 134 cm³/mol. The van der Waals surface area contributed by atoms with Crippen molar-refractivity contribution in [2.75, 3.05) is 23.7 Å². The maximum Gasteiger partial charge on any atom is 0.244 e. The van der Waals surface area contributed by atoms with E-state index in [4.69, 9.17) is 4.74 Å². The summed E-state index contributed by atoms with van der Waals surface area (Å²) in [5.41, 5.74) is -0.160. The van der Waals surface area contributed by atoms with Gasteiger partial charge in [0.2, 0.25) is 21.8 Å². The Morgan fingerprint density at radius 2 is 1.69 bits per heavy atom. The van der Waals surface area contributed by atoms with E-state index in [-0.39, 0.29) is 17.8 Å². The second-order valence-corrected chi connectivity index (χ2v) is 11.1. The summed E-state index contributed by atoms with van der Waals surface area (Å²) < 4.78 is 46.4. The third kappa shape index (κ3) is 7.95. The Labute approximate surface area is 207 Å². The summed E-state index contributed by atoms with van der Waals surface area (Å²) in [5, 5.41) is 2.82. The highest BCUT2D eigenvalue weighted by molar-refractivity contribution is 7.92. The molecule has 2 amide bonds. The molecule has 10 heteroatoms. The molecular weight excluding hydrogens is 473 g/mol. The highest BCUT2D eigenvalue weighted by Crippen LogP contribution is 2.30. The molecule has 2 rings (SSSR count). The van der Waals surface area contributed by atoms with Crippen molar-refractivity contribution in [1.29, 1.82) is 0 Å². The summed E-state index contributed by atoms with van der Waals surface area (Å²) in [6.07, 6.45) is 0.986. The quantitative estimate of drug-likeness (QED) is 0.532. The number of amides is 2. The summed E-state index contributed by atoms with van der Waals surface area (Å²) in [5.74, 6) is -1.34. The largest absolute Gasteiger partial charge is 0.492 e. The average Bonchev–Trinajstić information content (AvgIpc) is 2.75. The molecule has 2 aromatic carbocycles. The molecule has 35 heavy (non-hydrogen) atoms. The molecule has 1 N–H and O–H groups in total. The van der Waals surface area contributed by atoms with Gasteiger partial charge in [0, 0.05) is 17.6 Å². The molecule has 192 valence electrons. The molecule has 0 aliphatic rings. The molecule has 0 spiro atoms. The van der Waals surface area contributed by atoms with Gasteiger partial charge in [-0.25, -0.2) is 12.8 Å². The Morgan fingerprint density at radius 1 is 1.09 bits per heavy atom. The fraction of sp³-hybridized carbons (Fsp3) is 0.440. The zero-order chi connectivity index (χ0) is 26.4. The number of hydrogen-bond donors (Lipinski definition) is 1. The molecule has 0 heterocycles. The van der Waals surface area contributed by atoms with Gasteiger partial charge >= 0.3 is 0 Å². The standard InChI is InChI=1S/C25H34FN3O5S/c1-7-34-22-15-11-10-14-21(22)29(35(6,32)33)17-23(30)28(16-19-12-8-9-13-20(19)26)18(2)24(31)27-25(3,4)5/h8-15,18H,7,16-17H2,1-6H3,(H,27,31). The molecule has 0 aromatic heterocycles. The zero-order valence-corrected chi connectivity index (χ0v) is 21.9. The number of rotatable bonds is 10. The van der Waals surface area contributed by atoms with Crippen LogP contribution in [0.2, 0.25) is 0 Å². The number of sulfonamides is 1. The molecule has 0 saturated heterocycles. The Balaban J connectivity index is 2.47. The normalized spacial score (nSPS) is 12.5. The minimum Gasteiger partial charge on any atom is -0.492 e. The minimum absolute atomic E-state index is 0.197. The van der Waals surface area contributed by atoms with Gasteiger partial charge in [-0.2, -0.15) is 0 Å². The lowest BCUT2D eigenvalue weighted by Gasteiger charge is -2.33. The summed E-state index contributed by atoms with van der Waals surface area (Å²) in [4.78, 5) is 27.6. The smallest absolute Gasteiger partial charge is 0.244 e. The molecular formula is C25H34FN3O5S. The SMILES string of the molecule is CCOc1ccccc1N(CC(=O)N(Cc1ccccc1F)C(C)C(=O)NC(C)(C)C)S(C)(=O)=O. The van der Waals surface area contributed by atoms with E-state index in [1.807, 2.05) is 0 Å². The molecule has 1 atom stereocenters. The Morgan fingerprint density at radius 3 is 2.26 bits per heavy atom. The van der Waals surface area contributed by atoms with Crippen molar-refractivity contribution in [2.24, 2.45) is 0 Å². The number of halogens is 1. The van der Waals surface area contributed by atoms with Crippen LogP contribution in [0.4, 0.5) is 10.1 Å². The van der Waals surface area contributed by atoms with Crippen LogP contribution in [-0.2, 0) is 26.2 Å². The first-order chi connectivity index (χ1) is 16.2. The van der Waals surface area contributed by atoms with Crippen LogP contribution in [-0.4, -0.2) is 56.1 Å². The van der Waals surface area contributed by atoms with Gasteiger partial charge in [0.15, 0.2) is 0 Å². The third-order valence-electron chi connectivity index (χ3n) is 5.08. The summed E-state index contributed by atoms with van der Waals surface area (Å²) >= 11 is 0. The van der Waals surface area contributed by atoms with Gasteiger partial charge in [0.25, 0.3) is 0 Å². The first-order valence-corrected chi connectivity index (χ1v) is 13.1. The minimum atomic E-state index is -3.91. The summed E-state index contributed by atoms with van der Waals surface area (Å²) in [6, 6.07) is 11.4. The van der Waals surface area contributed by atoms with Crippen molar-refractivity contribution in [2.45, 2.75) is 52.7 Å². The van der Waals surface area contributed by atoms with Gasteiger partial charge in [-0.05, 0) is 52.8 Å². The highest BCUT2D eigenvalue weighted by atomic mass is 32.2. The first kappa shape index (κ1) is 28.1. The Bertz CT molecular complexity index is 1150. The molecule has 0 fully saturated rings. The average molecular weight is 508 g/mol. The van der Waals surface area contributed by atoms with Crippen LogP contribution in [0.3, 0.4) is 0 Å². The molecule has 0 radical (unpaired) electrons. The second-order valence-electron chi connectivity index (χ2n) is 9.20. The number of benzene rings is 2. The van der Waals surface area contributed by atoms with Gasteiger partial charge < -0.3 is 15.0 Å². The number of carbonyl (C=O) groups is 2. The van der Waals surface area contributed by atoms with E-state index in [0.717, 1.165) is 10.6 Å². The molecule has 0 aliphatic carbocycles. The molecule has 2 aromatic rings. The third-order valence-corrected chi connectivity index (χ3v) is 6.20. The topological polar surface area (TPSA) is 96.0 Å². The molecule has 0 saturated carbocycles. The molecule has 0 bridgehead atoms. The lowest BCUT2D eigenvalue weighted by atomic mass is 10.1. The van der Waals surface area contributed by atoms with Crippen molar-refractivity contribution in [1.82, 2.24) is 10.2 Å². The van der Waals surface area contributed by atoms with Crippen LogP contribution in [0.1, 0.15) is 40.2 Å². The lowest BCUT2D eigenvalue weighted by molar-refractivity contribution is -0.140. The maximum atomic E-state index is 14.4. The van der Waals surface area contributed by atoms with Crippen molar-refractivity contribution in [3.63, 3.8) is 0 Å². The fourth-order valence-corrected chi connectivity index (χ4v) is 4.26. The van der Waals surface area contributed by atoms with E-state index in [9.17, 15) is 22.4 Å². The van der Waals surface area contributed by atoms with Gasteiger partial charge in [0.1, 0.15) is 24.2 Å². The predicted octanol–water partition coefficient (Wildman–Crippen LogP) is 3.32. The fourth-order valence-electron chi connectivity index (χ4n) is 3.40. The number of hydrogen-bond acceptors (Lipinski definition) is 5. The summed E-state index contributed by atoms with van der Waals surface area (Å²) in [6.45, 7) is 8.19. The van der Waals surface area contributed by atoms with E-state index in [1.54, 1.807) is 52.0 Å². The van der Waals surface area contributed by atoms with Crippen molar-refractivity contribution < 1.29 is 27.1 Å².